The summed E-state index contributed by atoms with van der Waals surface area (Å²) in [7, 11) is 0. The number of amides is 1. The molecule has 2 aromatic heterocycles. The Bertz CT molecular complexity index is 1620. The number of nitrogen functional groups attached to an aromatic ring is 1. The van der Waals surface area contributed by atoms with Gasteiger partial charge in [0.1, 0.15) is 29.4 Å². The van der Waals surface area contributed by atoms with E-state index >= 15 is 0 Å². The summed E-state index contributed by atoms with van der Waals surface area (Å²) in [5.41, 5.74) is 8.20. The third kappa shape index (κ3) is 6.74. The number of hydrogen-bond acceptors (Lipinski definition) is 9. The molecule has 0 unspecified atom stereocenters. The first-order valence-electron chi connectivity index (χ1n) is 13.0. The molecule has 0 spiro atoms. The zero-order valence-corrected chi connectivity index (χ0v) is 22.0. The molecule has 0 radical (unpaired) electrons. The van der Waals surface area contributed by atoms with Gasteiger partial charge in [-0.15, -0.1) is 0 Å². The van der Waals surface area contributed by atoms with Crippen LogP contribution in [0.2, 0.25) is 0 Å². The van der Waals surface area contributed by atoms with Gasteiger partial charge in [-0.3, -0.25) is 15.2 Å². The Hall–Kier alpha value is -5.52. The number of aromatic amines is 1. The molecule has 208 valence electrons. The summed E-state index contributed by atoms with van der Waals surface area (Å²) in [6.07, 6.45) is 4.15. The molecule has 0 aliphatic carbocycles. The van der Waals surface area contributed by atoms with Crippen molar-refractivity contribution in [3.8, 4) is 28.5 Å². The number of piperidine rings is 1. The van der Waals surface area contributed by atoms with E-state index in [4.69, 9.17) is 15.2 Å². The number of fused-ring (bicyclic) bond motifs is 1. The third-order valence-corrected chi connectivity index (χ3v) is 6.37. The molecule has 3 heterocycles. The summed E-state index contributed by atoms with van der Waals surface area (Å²) >= 11 is 0. The van der Waals surface area contributed by atoms with E-state index in [9.17, 15) is 14.9 Å². The highest BCUT2D eigenvalue weighted by Crippen LogP contribution is 2.30. The van der Waals surface area contributed by atoms with Crippen LogP contribution in [0, 0.1) is 10.1 Å². The minimum atomic E-state index is -0.490. The molecule has 41 heavy (non-hydrogen) atoms. The van der Waals surface area contributed by atoms with E-state index in [0.717, 1.165) is 47.4 Å². The van der Waals surface area contributed by atoms with Gasteiger partial charge in [-0.2, -0.15) is 5.10 Å². The molecule has 3 aromatic carbocycles. The van der Waals surface area contributed by atoms with Crippen molar-refractivity contribution in [1.29, 1.82) is 0 Å². The van der Waals surface area contributed by atoms with Crippen LogP contribution in [0.1, 0.15) is 19.3 Å². The van der Waals surface area contributed by atoms with Gasteiger partial charge in [-0.05, 0) is 67.8 Å². The summed E-state index contributed by atoms with van der Waals surface area (Å²) in [4.78, 5) is 31.5. The number of likely N-dealkylation sites (tertiary alicyclic amines) is 1. The van der Waals surface area contributed by atoms with Gasteiger partial charge in [-0.25, -0.2) is 14.8 Å². The Morgan fingerprint density at radius 2 is 1.54 bits per heavy atom. The summed E-state index contributed by atoms with van der Waals surface area (Å²) in [6, 6.07) is 22.8. The molecule has 1 amide bonds. The third-order valence-electron chi connectivity index (χ3n) is 6.37. The number of nitrogens with zero attached hydrogens (tertiary/aromatic N) is 5. The minimum Gasteiger partial charge on any atom is -0.457 e. The van der Waals surface area contributed by atoms with Gasteiger partial charge in [0.05, 0.1) is 16.0 Å². The first-order valence-corrected chi connectivity index (χ1v) is 13.0. The van der Waals surface area contributed by atoms with Crippen molar-refractivity contribution in [2.45, 2.75) is 19.3 Å². The Labute approximate surface area is 234 Å². The van der Waals surface area contributed by atoms with Gasteiger partial charge >= 0.3 is 6.09 Å². The normalized spacial score (nSPS) is 12.7. The molecule has 0 atom stereocenters. The maximum Gasteiger partial charge on any atom is 0.415 e. The molecule has 1 saturated heterocycles. The van der Waals surface area contributed by atoms with Crippen molar-refractivity contribution in [2.24, 2.45) is 0 Å². The number of aromatic nitrogens is 4. The van der Waals surface area contributed by atoms with Crippen molar-refractivity contribution in [3.05, 3.63) is 95.3 Å². The van der Waals surface area contributed by atoms with Crippen molar-refractivity contribution in [3.63, 3.8) is 0 Å². The monoisotopic (exact) mass is 553 g/mol. The van der Waals surface area contributed by atoms with Gasteiger partial charge < -0.3 is 20.1 Å². The van der Waals surface area contributed by atoms with Crippen LogP contribution in [0.3, 0.4) is 0 Å². The van der Waals surface area contributed by atoms with Crippen molar-refractivity contribution < 1.29 is 19.2 Å². The molecule has 3 N–H and O–H groups in total. The number of nitro benzene ring substituents is 1. The molecular weight excluding hydrogens is 526 g/mol. The number of para-hydroxylation sites is 1. The molecule has 1 fully saturated rings. The summed E-state index contributed by atoms with van der Waals surface area (Å²) < 4.78 is 10.9. The fourth-order valence-corrected chi connectivity index (χ4v) is 4.28. The predicted molar refractivity (Wildman–Crippen MR) is 153 cm³/mol. The molecule has 0 bridgehead atoms. The van der Waals surface area contributed by atoms with Gasteiger partial charge in [-0.1, -0.05) is 18.2 Å². The quantitative estimate of drug-likeness (QED) is 0.197. The number of rotatable bonds is 5. The van der Waals surface area contributed by atoms with Gasteiger partial charge in [0.15, 0.2) is 5.65 Å². The van der Waals surface area contributed by atoms with E-state index in [1.807, 2.05) is 54.6 Å². The van der Waals surface area contributed by atoms with Crippen LogP contribution in [0.5, 0.6) is 17.2 Å². The SMILES string of the molecule is Nc1ncnc2n[nH]c(-c3ccc(Oc4ccccc4)cc3)c12.O=C(Oc1ccc([N+](=O)[O-])cc1)N1CCCCC1. The van der Waals surface area contributed by atoms with Crippen LogP contribution in [0.15, 0.2) is 85.2 Å². The molecule has 5 aromatic rings. The molecule has 12 heteroatoms. The van der Waals surface area contributed by atoms with Gasteiger partial charge in [0.25, 0.3) is 5.69 Å². The number of anilines is 1. The number of nitrogens with one attached hydrogen (secondary N) is 1. The van der Waals surface area contributed by atoms with Gasteiger partial charge in [0, 0.05) is 30.8 Å². The van der Waals surface area contributed by atoms with Crippen LogP contribution in [0.4, 0.5) is 16.3 Å². The molecular formula is C29H27N7O5. The minimum absolute atomic E-state index is 0.0206. The lowest BCUT2D eigenvalue weighted by molar-refractivity contribution is -0.384. The molecule has 12 nitrogen and oxygen atoms in total. The first kappa shape index (κ1) is 27.1. The van der Waals surface area contributed by atoms with E-state index in [-0.39, 0.29) is 11.8 Å². The van der Waals surface area contributed by atoms with E-state index in [2.05, 4.69) is 20.2 Å². The topological polar surface area (TPSA) is 162 Å². The summed E-state index contributed by atoms with van der Waals surface area (Å²) in [5, 5.41) is 18.3. The van der Waals surface area contributed by atoms with E-state index < -0.39 is 4.92 Å². The fourth-order valence-electron chi connectivity index (χ4n) is 4.28. The number of nitro groups is 1. The lowest BCUT2D eigenvalue weighted by atomic mass is 10.1. The van der Waals surface area contributed by atoms with Crippen LogP contribution in [-0.4, -0.2) is 49.2 Å². The second kappa shape index (κ2) is 12.6. The molecule has 1 aliphatic rings. The van der Waals surface area contributed by atoms with Crippen LogP contribution in [0.25, 0.3) is 22.3 Å². The smallest absolute Gasteiger partial charge is 0.415 e. The first-order chi connectivity index (χ1) is 20.0. The second-order valence-electron chi connectivity index (χ2n) is 9.16. The number of carbonyl (C=O) groups excluding carboxylic acids is 1. The van der Waals surface area contributed by atoms with Crippen molar-refractivity contribution >= 4 is 28.6 Å². The van der Waals surface area contributed by atoms with Crippen molar-refractivity contribution in [1.82, 2.24) is 25.1 Å². The largest absolute Gasteiger partial charge is 0.457 e. The van der Waals surface area contributed by atoms with Gasteiger partial charge in [0.2, 0.25) is 0 Å². The highest BCUT2D eigenvalue weighted by atomic mass is 16.6. The van der Waals surface area contributed by atoms with E-state index in [1.54, 1.807) is 4.90 Å². The number of H-pyrrole nitrogens is 1. The van der Waals surface area contributed by atoms with E-state index in [1.165, 1.54) is 30.6 Å². The standard InChI is InChI=1S/C17H13N5O.C12H14N2O4/c18-16-14-15(21-22-17(14)20-10-19-16)11-6-8-13(9-7-11)23-12-4-2-1-3-5-12;15-12(13-8-2-1-3-9-13)18-11-6-4-10(5-7-11)14(16)17/h1-10H,(H3,18,19,20,21,22);4-7H,1-3,8-9H2. The Balaban J connectivity index is 0.000000170. The van der Waals surface area contributed by atoms with Crippen LogP contribution < -0.4 is 15.2 Å². The maximum atomic E-state index is 11.8. The average Bonchev–Trinajstić information content (AvgIpc) is 3.45. The van der Waals surface area contributed by atoms with E-state index in [0.29, 0.717) is 30.3 Å². The maximum absolute atomic E-state index is 11.8. The number of non-ortho nitro benzene ring substituents is 1. The lowest BCUT2D eigenvalue weighted by Gasteiger charge is -2.25. The second-order valence-corrected chi connectivity index (χ2v) is 9.16. The highest BCUT2D eigenvalue weighted by Gasteiger charge is 2.18. The molecule has 0 saturated carbocycles. The predicted octanol–water partition coefficient (Wildman–Crippen LogP) is 5.97. The fraction of sp³-hybridized carbons (Fsp3) is 0.172. The average molecular weight is 554 g/mol. The summed E-state index contributed by atoms with van der Waals surface area (Å²) in [6.45, 7) is 1.43. The number of ether oxygens (including phenoxy) is 2. The van der Waals surface area contributed by atoms with Crippen LogP contribution >= 0.6 is 0 Å². The Kier molecular flexibility index (Phi) is 8.29. The molecule has 1 aliphatic heterocycles. The number of nitrogens with two attached hydrogens (primary N) is 1. The molecule has 6 rings (SSSR count). The summed E-state index contributed by atoms with van der Waals surface area (Å²) in [5.74, 6) is 2.29. The zero-order valence-electron chi connectivity index (χ0n) is 22.0. The Morgan fingerprint density at radius 1 is 0.878 bits per heavy atom. The van der Waals surface area contributed by atoms with Crippen LogP contribution in [-0.2, 0) is 0 Å². The van der Waals surface area contributed by atoms with Crippen molar-refractivity contribution in [2.75, 3.05) is 18.8 Å². The number of hydrogen-bond donors (Lipinski definition) is 2. The highest BCUT2D eigenvalue weighted by molar-refractivity contribution is 5.97. The zero-order chi connectivity index (χ0) is 28.6. The number of benzene rings is 3. The number of carbonyl (C=O) groups is 1. The Morgan fingerprint density at radius 3 is 2.22 bits per heavy atom. The lowest BCUT2D eigenvalue weighted by Crippen LogP contribution is -2.37.